The van der Waals surface area contributed by atoms with Gasteiger partial charge in [-0.2, -0.15) is 0 Å². The number of hydrogen-bond donors (Lipinski definition) is 0. The Bertz CT molecular complexity index is 1160. The number of oxazole rings is 1. The van der Waals surface area contributed by atoms with Crippen molar-refractivity contribution in [3.8, 4) is 17.0 Å². The van der Waals surface area contributed by atoms with Crippen molar-refractivity contribution in [3.63, 3.8) is 0 Å². The lowest BCUT2D eigenvalue weighted by molar-refractivity contribution is 0.305. The van der Waals surface area contributed by atoms with Crippen LogP contribution in [0.1, 0.15) is 24.7 Å². The van der Waals surface area contributed by atoms with Gasteiger partial charge in [0.05, 0.1) is 18.0 Å². The van der Waals surface area contributed by atoms with Gasteiger partial charge in [0.15, 0.2) is 16.7 Å². The van der Waals surface area contributed by atoms with Gasteiger partial charge in [-0.05, 0) is 69.6 Å². The molecule has 0 unspecified atom stereocenters. The van der Waals surface area contributed by atoms with E-state index in [1.165, 1.54) is 11.8 Å². The molecule has 31 heavy (non-hydrogen) atoms. The largest absolute Gasteiger partial charge is 0.440 e. The van der Waals surface area contributed by atoms with Crippen molar-refractivity contribution in [1.29, 1.82) is 0 Å². The molecule has 0 radical (unpaired) electrons. The van der Waals surface area contributed by atoms with Gasteiger partial charge in [0.2, 0.25) is 5.89 Å². The van der Waals surface area contributed by atoms with Gasteiger partial charge in [-0.1, -0.05) is 35.0 Å². The number of rotatable bonds is 7. The van der Waals surface area contributed by atoms with E-state index in [0.717, 1.165) is 22.2 Å². The van der Waals surface area contributed by atoms with E-state index in [1.54, 1.807) is 6.20 Å². The van der Waals surface area contributed by atoms with E-state index < -0.39 is 0 Å². The Balaban J connectivity index is 1.59. The lowest BCUT2D eigenvalue weighted by atomic mass is 10.2. The van der Waals surface area contributed by atoms with Crippen LogP contribution in [0.4, 0.5) is 0 Å². The van der Waals surface area contributed by atoms with Crippen molar-refractivity contribution in [2.45, 2.75) is 23.9 Å². The van der Waals surface area contributed by atoms with Crippen molar-refractivity contribution in [2.24, 2.45) is 0 Å². The highest BCUT2D eigenvalue weighted by molar-refractivity contribution is 7.98. The molecular weight excluding hydrogens is 453 g/mol. The second-order valence-corrected chi connectivity index (χ2v) is 9.02. The normalized spacial score (nSPS) is 12.5. The molecule has 0 N–H and O–H groups in total. The summed E-state index contributed by atoms with van der Waals surface area (Å²) in [7, 11) is 4.03. The van der Waals surface area contributed by atoms with E-state index in [0.29, 0.717) is 27.4 Å². The summed E-state index contributed by atoms with van der Waals surface area (Å²) in [6.07, 6.45) is 1.72. The Morgan fingerprint density at radius 3 is 2.29 bits per heavy atom. The van der Waals surface area contributed by atoms with Gasteiger partial charge in [-0.3, -0.25) is 9.47 Å². The molecule has 4 rings (SSSR count). The molecule has 4 aromatic rings. The highest BCUT2D eigenvalue weighted by atomic mass is 35.5. The molecule has 0 bridgehead atoms. The van der Waals surface area contributed by atoms with E-state index in [4.69, 9.17) is 27.6 Å². The molecule has 0 saturated carbocycles. The number of nitrogens with zero attached hydrogens (tertiary/aromatic N) is 5. The van der Waals surface area contributed by atoms with Crippen LogP contribution in [-0.2, 0) is 5.75 Å². The first-order valence-corrected chi connectivity index (χ1v) is 11.4. The minimum Gasteiger partial charge on any atom is -0.440 e. The smallest absolute Gasteiger partial charge is 0.205 e. The molecule has 1 atom stereocenters. The molecule has 6 nitrogen and oxygen atoms in total. The fourth-order valence-electron chi connectivity index (χ4n) is 2.96. The van der Waals surface area contributed by atoms with E-state index in [2.05, 4.69) is 31.6 Å². The third-order valence-corrected chi connectivity index (χ3v) is 6.32. The van der Waals surface area contributed by atoms with Crippen LogP contribution in [0.25, 0.3) is 17.0 Å². The lowest BCUT2D eigenvalue weighted by Gasteiger charge is -2.20. The van der Waals surface area contributed by atoms with Gasteiger partial charge in [-0.15, -0.1) is 10.2 Å². The van der Waals surface area contributed by atoms with E-state index in [-0.39, 0.29) is 6.04 Å². The summed E-state index contributed by atoms with van der Waals surface area (Å²) in [6.45, 7) is 2.09. The van der Waals surface area contributed by atoms with Crippen LogP contribution >= 0.6 is 35.0 Å². The summed E-state index contributed by atoms with van der Waals surface area (Å²) in [4.78, 5) is 6.51. The Morgan fingerprint density at radius 1 is 1.00 bits per heavy atom. The monoisotopic (exact) mass is 473 g/mol. The van der Waals surface area contributed by atoms with Crippen LogP contribution in [0.5, 0.6) is 0 Å². The highest BCUT2D eigenvalue weighted by Crippen LogP contribution is 2.30. The Hall–Kier alpha value is -2.32. The van der Waals surface area contributed by atoms with Crippen LogP contribution in [0.3, 0.4) is 0 Å². The van der Waals surface area contributed by atoms with E-state index in [9.17, 15) is 0 Å². The molecule has 0 aliphatic heterocycles. The molecule has 0 aliphatic rings. The summed E-state index contributed by atoms with van der Waals surface area (Å²) in [5.74, 6) is 2.69. The van der Waals surface area contributed by atoms with Gasteiger partial charge in [0, 0.05) is 21.3 Å². The van der Waals surface area contributed by atoms with Crippen molar-refractivity contribution in [3.05, 3.63) is 76.5 Å². The zero-order valence-corrected chi connectivity index (χ0v) is 19.6. The first kappa shape index (κ1) is 21.9. The maximum absolute atomic E-state index is 6.09. The van der Waals surface area contributed by atoms with Crippen LogP contribution in [-0.4, -0.2) is 38.7 Å². The van der Waals surface area contributed by atoms with Crippen molar-refractivity contribution in [1.82, 2.24) is 24.6 Å². The first-order valence-electron chi connectivity index (χ1n) is 9.63. The van der Waals surface area contributed by atoms with Gasteiger partial charge in [0.1, 0.15) is 0 Å². The number of hydrogen-bond acceptors (Lipinski definition) is 6. The molecule has 0 spiro atoms. The zero-order chi connectivity index (χ0) is 22.0. The number of halogens is 2. The summed E-state index contributed by atoms with van der Waals surface area (Å²) in [6, 6.07) is 15.2. The summed E-state index contributed by atoms with van der Waals surface area (Å²) in [5.41, 5.74) is 1.88. The summed E-state index contributed by atoms with van der Waals surface area (Å²) in [5, 5.41) is 11.0. The van der Waals surface area contributed by atoms with Crippen LogP contribution < -0.4 is 0 Å². The number of thioether (sulfide) groups is 1. The molecule has 2 heterocycles. The standard InChI is InChI=1S/C22H21Cl2N5OS/c1-14(28(2)3)21-26-27-22(29(21)18-10-8-17(24)9-11-18)31-13-20-25-12-19(30-20)15-4-6-16(23)7-5-15/h4-12,14H,13H2,1-3H3/t14-/m0/s1. The van der Waals surface area contributed by atoms with Gasteiger partial charge in [0.25, 0.3) is 0 Å². The molecule has 0 amide bonds. The van der Waals surface area contributed by atoms with Gasteiger partial charge in [-0.25, -0.2) is 4.98 Å². The van der Waals surface area contributed by atoms with Crippen LogP contribution in [0.2, 0.25) is 10.0 Å². The average molecular weight is 474 g/mol. The maximum Gasteiger partial charge on any atom is 0.205 e. The van der Waals surface area contributed by atoms with Gasteiger partial charge >= 0.3 is 0 Å². The van der Waals surface area contributed by atoms with Gasteiger partial charge < -0.3 is 4.42 Å². The molecular formula is C22H21Cl2N5OS. The Labute approximate surface area is 195 Å². The first-order chi connectivity index (χ1) is 14.9. The fraction of sp³-hybridized carbons (Fsp3) is 0.227. The Morgan fingerprint density at radius 2 is 1.65 bits per heavy atom. The maximum atomic E-state index is 6.09. The topological polar surface area (TPSA) is 60.0 Å². The van der Waals surface area contributed by atoms with E-state index in [1.807, 2.05) is 62.6 Å². The Kier molecular flexibility index (Phi) is 6.67. The number of benzene rings is 2. The second-order valence-electron chi connectivity index (χ2n) is 7.21. The third kappa shape index (κ3) is 4.96. The third-order valence-electron chi connectivity index (χ3n) is 4.90. The van der Waals surface area contributed by atoms with Crippen LogP contribution in [0.15, 0.2) is 64.3 Å². The summed E-state index contributed by atoms with van der Waals surface area (Å²) < 4.78 is 7.98. The number of aromatic nitrogens is 4. The van der Waals surface area contributed by atoms with Crippen molar-refractivity contribution < 1.29 is 4.42 Å². The predicted octanol–water partition coefficient (Wildman–Crippen LogP) is 6.14. The molecule has 2 aromatic carbocycles. The molecule has 0 fully saturated rings. The lowest BCUT2D eigenvalue weighted by Crippen LogP contribution is -2.20. The average Bonchev–Trinajstić information content (AvgIpc) is 3.40. The fourth-order valence-corrected chi connectivity index (χ4v) is 4.02. The second kappa shape index (κ2) is 9.44. The molecule has 0 saturated heterocycles. The SMILES string of the molecule is C[C@@H](c1nnc(SCc2ncc(-c3ccc(Cl)cc3)o2)n1-c1ccc(Cl)cc1)N(C)C. The van der Waals surface area contributed by atoms with E-state index >= 15 is 0 Å². The molecule has 2 aromatic heterocycles. The predicted molar refractivity (Wildman–Crippen MR) is 125 cm³/mol. The quantitative estimate of drug-likeness (QED) is 0.300. The molecule has 160 valence electrons. The van der Waals surface area contributed by atoms with Crippen LogP contribution in [0, 0.1) is 0 Å². The minimum absolute atomic E-state index is 0.0794. The van der Waals surface area contributed by atoms with Crippen molar-refractivity contribution >= 4 is 35.0 Å². The van der Waals surface area contributed by atoms with Crippen molar-refractivity contribution in [2.75, 3.05) is 14.1 Å². The molecule has 0 aliphatic carbocycles. The molecule has 9 heteroatoms. The highest BCUT2D eigenvalue weighted by Gasteiger charge is 2.21. The summed E-state index contributed by atoms with van der Waals surface area (Å²) >= 11 is 13.6. The zero-order valence-electron chi connectivity index (χ0n) is 17.3. The minimum atomic E-state index is 0.0794.